The van der Waals surface area contributed by atoms with Gasteiger partial charge in [0.1, 0.15) is 24.4 Å². The minimum atomic E-state index is -1.14. The Labute approximate surface area is 198 Å². The standard InChI is InChI=1S/C24H30ClN3O5/c1-15(2)21(24(31)32)28-23(30)19(13-16-7-5-4-6-8-16)27-22(29)18-14-17(25)9-10-20(18)33-12-11-26-3/h4-10,14-15,19,21,26H,11-13H2,1-3H3,(H,27,29)(H,28,30)(H,31,32)/t19-,21-/m0/s1. The molecule has 0 radical (unpaired) electrons. The number of rotatable bonds is 12. The van der Waals surface area contributed by atoms with Gasteiger partial charge in [-0.15, -0.1) is 0 Å². The summed E-state index contributed by atoms with van der Waals surface area (Å²) in [6.07, 6.45) is 0.180. The molecule has 2 rings (SSSR count). The van der Waals surface area contributed by atoms with E-state index in [1.54, 1.807) is 33.0 Å². The van der Waals surface area contributed by atoms with Gasteiger partial charge in [0.2, 0.25) is 5.91 Å². The molecule has 178 valence electrons. The van der Waals surface area contributed by atoms with E-state index in [1.807, 2.05) is 30.3 Å². The van der Waals surface area contributed by atoms with E-state index < -0.39 is 29.9 Å². The Kier molecular flexibility index (Phi) is 10.2. The highest BCUT2D eigenvalue weighted by Gasteiger charge is 2.29. The van der Waals surface area contributed by atoms with Crippen LogP contribution < -0.4 is 20.7 Å². The van der Waals surface area contributed by atoms with E-state index >= 15 is 0 Å². The Morgan fingerprint density at radius 3 is 2.36 bits per heavy atom. The van der Waals surface area contributed by atoms with E-state index in [9.17, 15) is 19.5 Å². The largest absolute Gasteiger partial charge is 0.491 e. The Hall–Kier alpha value is -3.10. The third-order valence-electron chi connectivity index (χ3n) is 4.93. The molecular formula is C24H30ClN3O5. The van der Waals surface area contributed by atoms with Gasteiger partial charge in [-0.25, -0.2) is 4.79 Å². The number of amides is 2. The fraction of sp³-hybridized carbons (Fsp3) is 0.375. The number of likely N-dealkylation sites (N-methyl/N-ethyl adjacent to an activating group) is 1. The van der Waals surface area contributed by atoms with Crippen LogP contribution in [0.2, 0.25) is 5.02 Å². The Bertz CT molecular complexity index is 952. The van der Waals surface area contributed by atoms with Crippen molar-refractivity contribution in [2.45, 2.75) is 32.4 Å². The molecule has 0 spiro atoms. The van der Waals surface area contributed by atoms with Crippen molar-refractivity contribution in [3.05, 3.63) is 64.7 Å². The predicted molar refractivity (Wildman–Crippen MR) is 127 cm³/mol. The zero-order valence-electron chi connectivity index (χ0n) is 18.9. The molecule has 0 bridgehead atoms. The van der Waals surface area contributed by atoms with Gasteiger partial charge in [0.15, 0.2) is 0 Å². The van der Waals surface area contributed by atoms with E-state index in [0.717, 1.165) is 5.56 Å². The van der Waals surface area contributed by atoms with E-state index in [1.165, 1.54) is 6.07 Å². The van der Waals surface area contributed by atoms with Gasteiger partial charge in [-0.1, -0.05) is 55.8 Å². The van der Waals surface area contributed by atoms with E-state index in [2.05, 4.69) is 16.0 Å². The van der Waals surface area contributed by atoms with Crippen LogP contribution >= 0.6 is 11.6 Å². The summed E-state index contributed by atoms with van der Waals surface area (Å²) < 4.78 is 5.68. The van der Waals surface area contributed by atoms with Gasteiger partial charge in [-0.2, -0.15) is 0 Å². The van der Waals surface area contributed by atoms with E-state index in [-0.39, 0.29) is 17.9 Å². The smallest absolute Gasteiger partial charge is 0.326 e. The molecule has 2 atom stereocenters. The van der Waals surface area contributed by atoms with Gasteiger partial charge in [0, 0.05) is 18.0 Å². The second kappa shape index (κ2) is 12.8. The average molecular weight is 476 g/mol. The lowest BCUT2D eigenvalue weighted by atomic mass is 10.0. The van der Waals surface area contributed by atoms with Gasteiger partial charge in [-0.3, -0.25) is 9.59 Å². The number of carbonyl (C=O) groups excluding carboxylic acids is 2. The Morgan fingerprint density at radius 2 is 1.76 bits per heavy atom. The van der Waals surface area contributed by atoms with Crippen molar-refractivity contribution in [3.8, 4) is 5.75 Å². The number of ether oxygens (including phenoxy) is 1. The lowest BCUT2D eigenvalue weighted by Gasteiger charge is -2.24. The van der Waals surface area contributed by atoms with Gasteiger partial charge in [0.25, 0.3) is 5.91 Å². The van der Waals surface area contributed by atoms with Crippen LogP contribution in [-0.2, 0) is 16.0 Å². The second-order valence-electron chi connectivity index (χ2n) is 7.88. The number of carbonyl (C=O) groups is 3. The van der Waals surface area contributed by atoms with Crippen molar-refractivity contribution >= 4 is 29.4 Å². The molecule has 0 aliphatic carbocycles. The number of aliphatic carboxylic acids is 1. The number of halogens is 1. The van der Waals surface area contributed by atoms with Crippen LogP contribution in [0.15, 0.2) is 48.5 Å². The maximum Gasteiger partial charge on any atom is 0.326 e. The molecule has 0 aliphatic rings. The third-order valence-corrected chi connectivity index (χ3v) is 5.17. The number of carboxylic acids is 1. The minimum Gasteiger partial charge on any atom is -0.491 e. The normalized spacial score (nSPS) is 12.6. The lowest BCUT2D eigenvalue weighted by Crippen LogP contribution is -2.53. The van der Waals surface area contributed by atoms with Crippen LogP contribution in [0, 0.1) is 5.92 Å². The minimum absolute atomic E-state index is 0.180. The SMILES string of the molecule is CNCCOc1ccc(Cl)cc1C(=O)N[C@@H](Cc1ccccc1)C(=O)N[C@H](C(=O)O)C(C)C. The van der Waals surface area contributed by atoms with Crippen LogP contribution in [0.25, 0.3) is 0 Å². The molecular weight excluding hydrogens is 446 g/mol. The lowest BCUT2D eigenvalue weighted by molar-refractivity contribution is -0.143. The highest BCUT2D eigenvalue weighted by Crippen LogP contribution is 2.23. The number of benzene rings is 2. The van der Waals surface area contributed by atoms with Crippen molar-refractivity contribution in [3.63, 3.8) is 0 Å². The first-order chi connectivity index (χ1) is 15.7. The van der Waals surface area contributed by atoms with Crippen molar-refractivity contribution in [1.82, 2.24) is 16.0 Å². The van der Waals surface area contributed by atoms with Gasteiger partial charge >= 0.3 is 5.97 Å². The van der Waals surface area contributed by atoms with Crippen molar-refractivity contribution in [2.24, 2.45) is 5.92 Å². The molecule has 4 N–H and O–H groups in total. The fourth-order valence-corrected chi connectivity index (χ4v) is 3.30. The molecule has 0 saturated heterocycles. The molecule has 8 nitrogen and oxygen atoms in total. The molecule has 0 heterocycles. The van der Waals surface area contributed by atoms with Gasteiger partial charge < -0.3 is 25.8 Å². The number of hydrogen-bond donors (Lipinski definition) is 4. The van der Waals surface area contributed by atoms with Crippen molar-refractivity contribution < 1.29 is 24.2 Å². The molecule has 0 saturated carbocycles. The summed E-state index contributed by atoms with van der Waals surface area (Å²) in [5.41, 5.74) is 0.995. The predicted octanol–water partition coefficient (Wildman–Crippen LogP) is 2.50. The molecule has 9 heteroatoms. The highest BCUT2D eigenvalue weighted by molar-refractivity contribution is 6.31. The molecule has 2 aromatic rings. The van der Waals surface area contributed by atoms with Crippen LogP contribution in [0.5, 0.6) is 5.75 Å². The summed E-state index contributed by atoms with van der Waals surface area (Å²) in [6, 6.07) is 11.7. The van der Waals surface area contributed by atoms with E-state index in [4.69, 9.17) is 16.3 Å². The molecule has 33 heavy (non-hydrogen) atoms. The van der Waals surface area contributed by atoms with Gasteiger partial charge in [-0.05, 0) is 36.7 Å². The highest BCUT2D eigenvalue weighted by atomic mass is 35.5. The summed E-state index contributed by atoms with van der Waals surface area (Å²) in [4.78, 5) is 37.8. The average Bonchev–Trinajstić information content (AvgIpc) is 2.78. The third kappa shape index (κ3) is 8.07. The quantitative estimate of drug-likeness (QED) is 0.350. The molecule has 0 aromatic heterocycles. The summed E-state index contributed by atoms with van der Waals surface area (Å²) in [7, 11) is 1.78. The van der Waals surface area contributed by atoms with E-state index in [0.29, 0.717) is 23.9 Å². The maximum atomic E-state index is 13.1. The first-order valence-electron chi connectivity index (χ1n) is 10.7. The Morgan fingerprint density at radius 1 is 1.06 bits per heavy atom. The summed E-state index contributed by atoms with van der Waals surface area (Å²) >= 11 is 6.10. The van der Waals surface area contributed by atoms with Crippen LogP contribution in [-0.4, -0.2) is 55.2 Å². The molecule has 2 amide bonds. The first kappa shape index (κ1) is 26.2. The molecule has 0 fully saturated rings. The summed E-state index contributed by atoms with van der Waals surface area (Å²) in [5, 5.41) is 18.0. The zero-order chi connectivity index (χ0) is 24.4. The molecule has 0 aliphatic heterocycles. The topological polar surface area (TPSA) is 117 Å². The summed E-state index contributed by atoms with van der Waals surface area (Å²) in [5.74, 6) is -2.29. The second-order valence-corrected chi connectivity index (χ2v) is 8.31. The van der Waals surface area contributed by atoms with Crippen LogP contribution in [0.1, 0.15) is 29.8 Å². The maximum absolute atomic E-state index is 13.1. The zero-order valence-corrected chi connectivity index (χ0v) is 19.7. The van der Waals surface area contributed by atoms with Crippen LogP contribution in [0.4, 0.5) is 0 Å². The first-order valence-corrected chi connectivity index (χ1v) is 11.1. The molecule has 0 unspecified atom stereocenters. The monoisotopic (exact) mass is 475 g/mol. The number of carboxylic acid groups (broad SMARTS) is 1. The number of nitrogens with one attached hydrogen (secondary N) is 3. The number of hydrogen-bond acceptors (Lipinski definition) is 5. The Balaban J connectivity index is 2.28. The molecule has 2 aromatic carbocycles. The van der Waals surface area contributed by atoms with Crippen LogP contribution in [0.3, 0.4) is 0 Å². The van der Waals surface area contributed by atoms with Crippen molar-refractivity contribution in [1.29, 1.82) is 0 Å². The van der Waals surface area contributed by atoms with Gasteiger partial charge in [0.05, 0.1) is 5.56 Å². The summed E-state index contributed by atoms with van der Waals surface area (Å²) in [6.45, 7) is 4.31. The van der Waals surface area contributed by atoms with Crippen molar-refractivity contribution in [2.75, 3.05) is 20.2 Å². The fourth-order valence-electron chi connectivity index (χ4n) is 3.13.